The lowest BCUT2D eigenvalue weighted by Gasteiger charge is -2.35. The molecule has 0 saturated carbocycles. The number of carbonyl (C=O) groups is 1. The molecule has 2 aliphatic heterocycles. The van der Waals surface area contributed by atoms with Crippen LogP contribution in [0.1, 0.15) is 35.4 Å². The Bertz CT molecular complexity index is 611. The number of carbonyl (C=O) groups excluding carboxylic acids is 1. The first kappa shape index (κ1) is 12.2. The Morgan fingerprint density at radius 2 is 2.25 bits per heavy atom. The number of ketones is 1. The summed E-state index contributed by atoms with van der Waals surface area (Å²) in [5.41, 5.74) is 1.09. The van der Waals surface area contributed by atoms with Crippen LogP contribution in [0, 0.1) is 11.8 Å². The summed E-state index contributed by atoms with van der Waals surface area (Å²) in [5.74, 6) is -0.265. The molecule has 2 heterocycles. The van der Waals surface area contributed by atoms with E-state index in [-0.39, 0.29) is 29.5 Å². The SMILES string of the molecule is COc1cc(O)c2c(c1)[C@@H]1O[C@@]3(C)C[C@@H]1[C@@H](CO3)C2=O. The molecule has 1 aromatic rings. The Morgan fingerprint density at radius 3 is 3.00 bits per heavy atom. The lowest BCUT2D eigenvalue weighted by molar-refractivity contribution is -0.216. The standard InChI is InChI=1S/C15H16O5/c1-15-5-9-10(6-19-15)13(17)12-8(14(9)20-15)3-7(18-2)4-11(12)16/h3-4,9-10,14,16H,5-6H2,1-2H3/t9-,10-,14+,15+/m1/s1. The number of rotatable bonds is 1. The second kappa shape index (κ2) is 3.74. The molecule has 1 aliphatic carbocycles. The molecule has 1 aromatic carbocycles. The summed E-state index contributed by atoms with van der Waals surface area (Å²) in [6.07, 6.45) is 0.507. The van der Waals surface area contributed by atoms with E-state index in [1.54, 1.807) is 6.07 Å². The van der Waals surface area contributed by atoms with Gasteiger partial charge >= 0.3 is 0 Å². The maximum atomic E-state index is 12.6. The van der Waals surface area contributed by atoms with Gasteiger partial charge in [0, 0.05) is 18.4 Å². The van der Waals surface area contributed by atoms with Gasteiger partial charge in [-0.3, -0.25) is 4.79 Å². The Balaban J connectivity index is 1.92. The minimum atomic E-state index is -0.619. The van der Waals surface area contributed by atoms with Crippen LogP contribution in [-0.4, -0.2) is 30.4 Å². The van der Waals surface area contributed by atoms with E-state index in [1.807, 2.05) is 6.92 Å². The average molecular weight is 276 g/mol. The van der Waals surface area contributed by atoms with Crippen LogP contribution >= 0.6 is 0 Å². The summed E-state index contributed by atoms with van der Waals surface area (Å²) < 4.78 is 16.9. The van der Waals surface area contributed by atoms with Gasteiger partial charge in [-0.15, -0.1) is 0 Å². The van der Waals surface area contributed by atoms with E-state index in [0.717, 1.165) is 5.56 Å². The second-order valence-electron chi connectivity index (χ2n) is 5.93. The molecule has 2 fully saturated rings. The number of fused-ring (bicyclic) bond motifs is 3. The second-order valence-corrected chi connectivity index (χ2v) is 5.93. The van der Waals surface area contributed by atoms with Crippen molar-refractivity contribution in [1.29, 1.82) is 0 Å². The minimum Gasteiger partial charge on any atom is -0.507 e. The van der Waals surface area contributed by atoms with Gasteiger partial charge in [-0.05, 0) is 18.6 Å². The zero-order chi connectivity index (χ0) is 14.1. The molecular weight excluding hydrogens is 260 g/mol. The number of phenols is 1. The third kappa shape index (κ3) is 1.42. The number of ether oxygens (including phenoxy) is 3. The van der Waals surface area contributed by atoms with Crippen LogP contribution in [0.15, 0.2) is 12.1 Å². The Labute approximate surface area is 116 Å². The quantitative estimate of drug-likeness (QED) is 0.850. The molecular formula is C15H16O5. The zero-order valence-corrected chi connectivity index (χ0v) is 11.4. The topological polar surface area (TPSA) is 65.0 Å². The summed E-state index contributed by atoms with van der Waals surface area (Å²) in [4.78, 5) is 12.6. The van der Waals surface area contributed by atoms with Crippen molar-refractivity contribution in [2.45, 2.75) is 25.2 Å². The Kier molecular flexibility index (Phi) is 2.28. The van der Waals surface area contributed by atoms with E-state index in [2.05, 4.69) is 0 Å². The highest BCUT2D eigenvalue weighted by Gasteiger charge is 2.57. The van der Waals surface area contributed by atoms with E-state index in [0.29, 0.717) is 24.3 Å². The lowest BCUT2D eigenvalue weighted by Crippen LogP contribution is -2.41. The van der Waals surface area contributed by atoms with Gasteiger partial charge in [0.1, 0.15) is 11.5 Å². The van der Waals surface area contributed by atoms with Gasteiger partial charge in [0.15, 0.2) is 11.6 Å². The number of benzene rings is 1. The first-order valence-electron chi connectivity index (χ1n) is 6.79. The first-order valence-corrected chi connectivity index (χ1v) is 6.79. The highest BCUT2D eigenvalue weighted by atomic mass is 16.7. The third-order valence-electron chi connectivity index (χ3n) is 4.70. The molecule has 2 bridgehead atoms. The maximum absolute atomic E-state index is 12.6. The molecule has 20 heavy (non-hydrogen) atoms. The van der Waals surface area contributed by atoms with Gasteiger partial charge in [0.05, 0.1) is 31.3 Å². The molecule has 4 rings (SSSR count). The monoisotopic (exact) mass is 276 g/mol. The molecule has 0 unspecified atom stereocenters. The van der Waals surface area contributed by atoms with Crippen molar-refractivity contribution in [2.24, 2.45) is 11.8 Å². The minimum absolute atomic E-state index is 0.0353. The van der Waals surface area contributed by atoms with Gasteiger partial charge in [0.2, 0.25) is 0 Å². The number of aromatic hydroxyl groups is 1. The van der Waals surface area contributed by atoms with Crippen LogP contribution in [0.4, 0.5) is 0 Å². The van der Waals surface area contributed by atoms with Crippen molar-refractivity contribution < 1.29 is 24.1 Å². The number of Topliss-reactive ketones (excluding diaryl/α,β-unsaturated/α-hetero) is 1. The van der Waals surface area contributed by atoms with Crippen molar-refractivity contribution in [2.75, 3.05) is 13.7 Å². The predicted molar refractivity (Wildman–Crippen MR) is 68.8 cm³/mol. The molecule has 106 valence electrons. The van der Waals surface area contributed by atoms with Crippen molar-refractivity contribution in [1.82, 2.24) is 0 Å². The van der Waals surface area contributed by atoms with Gasteiger partial charge in [-0.1, -0.05) is 0 Å². The highest BCUT2D eigenvalue weighted by molar-refractivity contribution is 6.03. The van der Waals surface area contributed by atoms with E-state index >= 15 is 0 Å². The normalized spacial score (nSPS) is 37.7. The van der Waals surface area contributed by atoms with Gasteiger partial charge in [-0.2, -0.15) is 0 Å². The summed E-state index contributed by atoms with van der Waals surface area (Å²) in [7, 11) is 1.53. The molecule has 0 radical (unpaired) electrons. The fourth-order valence-electron chi connectivity index (χ4n) is 3.76. The molecule has 3 aliphatic rings. The molecule has 1 N–H and O–H groups in total. The molecule has 5 heteroatoms. The van der Waals surface area contributed by atoms with E-state index in [1.165, 1.54) is 13.2 Å². The fraction of sp³-hybridized carbons (Fsp3) is 0.533. The Morgan fingerprint density at radius 1 is 1.45 bits per heavy atom. The number of hydrogen-bond acceptors (Lipinski definition) is 5. The van der Waals surface area contributed by atoms with Crippen LogP contribution < -0.4 is 4.74 Å². The summed E-state index contributed by atoms with van der Waals surface area (Å²) in [6, 6.07) is 3.26. The largest absolute Gasteiger partial charge is 0.507 e. The molecule has 5 nitrogen and oxygen atoms in total. The van der Waals surface area contributed by atoms with E-state index in [9.17, 15) is 9.90 Å². The number of hydrogen-bond donors (Lipinski definition) is 1. The van der Waals surface area contributed by atoms with Gasteiger partial charge < -0.3 is 19.3 Å². The Hall–Kier alpha value is -1.59. The summed E-state index contributed by atoms with van der Waals surface area (Å²) in [5, 5.41) is 10.2. The summed E-state index contributed by atoms with van der Waals surface area (Å²) >= 11 is 0. The first-order chi connectivity index (χ1) is 9.52. The van der Waals surface area contributed by atoms with Crippen LogP contribution in [0.5, 0.6) is 11.5 Å². The number of methoxy groups -OCH3 is 1. The molecule has 4 atom stereocenters. The van der Waals surface area contributed by atoms with Gasteiger partial charge in [-0.25, -0.2) is 0 Å². The third-order valence-corrected chi connectivity index (χ3v) is 4.70. The van der Waals surface area contributed by atoms with Crippen LogP contribution in [-0.2, 0) is 9.47 Å². The molecule has 2 saturated heterocycles. The van der Waals surface area contributed by atoms with Crippen LogP contribution in [0.2, 0.25) is 0 Å². The highest BCUT2D eigenvalue weighted by Crippen LogP contribution is 2.56. The molecule has 0 amide bonds. The zero-order valence-electron chi connectivity index (χ0n) is 11.4. The average Bonchev–Trinajstić information content (AvgIpc) is 2.71. The lowest BCUT2D eigenvalue weighted by atomic mass is 9.71. The predicted octanol–water partition coefficient (Wildman–Crippen LogP) is 2.04. The van der Waals surface area contributed by atoms with Crippen molar-refractivity contribution in [3.63, 3.8) is 0 Å². The fourth-order valence-corrected chi connectivity index (χ4v) is 3.76. The van der Waals surface area contributed by atoms with Crippen molar-refractivity contribution in [3.05, 3.63) is 23.3 Å². The van der Waals surface area contributed by atoms with Gasteiger partial charge in [0.25, 0.3) is 0 Å². The van der Waals surface area contributed by atoms with Crippen molar-refractivity contribution >= 4 is 5.78 Å². The van der Waals surface area contributed by atoms with Crippen LogP contribution in [0.25, 0.3) is 0 Å². The van der Waals surface area contributed by atoms with E-state index < -0.39 is 5.79 Å². The van der Waals surface area contributed by atoms with Crippen LogP contribution in [0.3, 0.4) is 0 Å². The molecule has 0 spiro atoms. The number of phenolic OH excluding ortho intramolecular Hbond substituents is 1. The smallest absolute Gasteiger partial charge is 0.172 e. The van der Waals surface area contributed by atoms with E-state index in [4.69, 9.17) is 14.2 Å². The molecule has 0 aromatic heterocycles. The maximum Gasteiger partial charge on any atom is 0.172 e. The summed E-state index contributed by atoms with van der Waals surface area (Å²) in [6.45, 7) is 2.27. The van der Waals surface area contributed by atoms with Crippen molar-refractivity contribution in [3.8, 4) is 11.5 Å².